The van der Waals surface area contributed by atoms with Crippen molar-refractivity contribution in [1.29, 1.82) is 0 Å². The van der Waals surface area contributed by atoms with E-state index in [9.17, 15) is 12.8 Å². The summed E-state index contributed by atoms with van der Waals surface area (Å²) in [6, 6.07) is 15.1. The van der Waals surface area contributed by atoms with Crippen LogP contribution in [0.4, 0.5) is 4.39 Å². The molecule has 0 spiro atoms. The number of rotatable bonds is 7. The van der Waals surface area contributed by atoms with E-state index in [-0.39, 0.29) is 24.1 Å². The molecule has 1 fully saturated rings. The lowest BCUT2D eigenvalue weighted by atomic mass is 10.1. The van der Waals surface area contributed by atoms with Crippen LogP contribution in [0, 0.1) is 5.82 Å². The molecule has 2 heterocycles. The molecule has 1 aliphatic heterocycles. The largest absolute Gasteiger partial charge is 0.488 e. The average molecular weight is 582 g/mol. The number of sulfonamides is 1. The number of ether oxygens (including phenoxy) is 1. The first-order chi connectivity index (χ1) is 17.7. The quantitative estimate of drug-likeness (QED) is 0.258. The average Bonchev–Trinajstić information content (AvgIpc) is 3.56. The van der Waals surface area contributed by atoms with Crippen LogP contribution in [0.5, 0.6) is 5.75 Å². The van der Waals surface area contributed by atoms with Gasteiger partial charge in [-0.3, -0.25) is 0 Å². The van der Waals surface area contributed by atoms with E-state index in [0.29, 0.717) is 45.0 Å². The standard InChI is InChI=1S/C25H20Cl3FN4O3S/c26-17-2-8-25(36-15-16-1-7-22(27)23(28)11-16)21(12-17)24-14-33(31-30-24)19-9-10-32(13-19)37(34,35)20-5-3-18(29)4-6-20/h1-8,11-12,14,19H,9-10,13,15H2. The molecule has 0 amide bonds. The van der Waals surface area contributed by atoms with Gasteiger partial charge in [0.1, 0.15) is 23.9 Å². The summed E-state index contributed by atoms with van der Waals surface area (Å²) in [6.07, 6.45) is 2.30. The molecule has 0 N–H and O–H groups in total. The third-order valence-electron chi connectivity index (χ3n) is 6.06. The Morgan fingerprint density at radius 2 is 1.78 bits per heavy atom. The minimum Gasteiger partial charge on any atom is -0.488 e. The summed E-state index contributed by atoms with van der Waals surface area (Å²) in [7, 11) is -3.74. The van der Waals surface area contributed by atoms with Crippen molar-refractivity contribution in [2.24, 2.45) is 0 Å². The Morgan fingerprint density at radius 3 is 2.54 bits per heavy atom. The first-order valence-corrected chi connectivity index (χ1v) is 13.8. The monoisotopic (exact) mass is 580 g/mol. The molecule has 0 aliphatic carbocycles. The highest BCUT2D eigenvalue weighted by Crippen LogP contribution is 2.34. The molecule has 37 heavy (non-hydrogen) atoms. The lowest BCUT2D eigenvalue weighted by Gasteiger charge is -2.16. The van der Waals surface area contributed by atoms with Crippen molar-refractivity contribution in [3.05, 3.63) is 93.3 Å². The Morgan fingerprint density at radius 1 is 1.00 bits per heavy atom. The minimum atomic E-state index is -3.74. The zero-order valence-corrected chi connectivity index (χ0v) is 22.3. The number of halogens is 4. The molecular weight excluding hydrogens is 562 g/mol. The zero-order chi connectivity index (χ0) is 26.2. The summed E-state index contributed by atoms with van der Waals surface area (Å²) in [4.78, 5) is 0.0523. The Balaban J connectivity index is 1.33. The van der Waals surface area contributed by atoms with Crippen molar-refractivity contribution in [1.82, 2.24) is 19.3 Å². The third kappa shape index (κ3) is 5.61. The van der Waals surface area contributed by atoms with Crippen molar-refractivity contribution in [3.63, 3.8) is 0 Å². The molecular formula is C25H20Cl3FN4O3S. The molecule has 7 nitrogen and oxygen atoms in total. The van der Waals surface area contributed by atoms with Crippen molar-refractivity contribution < 1.29 is 17.5 Å². The topological polar surface area (TPSA) is 77.3 Å². The van der Waals surface area contributed by atoms with Crippen LogP contribution in [0.3, 0.4) is 0 Å². The molecule has 192 valence electrons. The Hall–Kier alpha value is -2.69. The zero-order valence-electron chi connectivity index (χ0n) is 19.2. The molecule has 1 saturated heterocycles. The minimum absolute atomic E-state index is 0.0523. The van der Waals surface area contributed by atoms with Gasteiger partial charge in [0, 0.05) is 23.7 Å². The number of nitrogens with zero attached hydrogens (tertiary/aromatic N) is 4. The van der Waals surface area contributed by atoms with E-state index in [1.165, 1.54) is 16.4 Å². The highest BCUT2D eigenvalue weighted by molar-refractivity contribution is 7.89. The van der Waals surface area contributed by atoms with Gasteiger partial charge < -0.3 is 4.74 Å². The SMILES string of the molecule is O=S(=O)(c1ccc(F)cc1)N1CCC(n2cc(-c3cc(Cl)ccc3OCc3ccc(Cl)c(Cl)c3)nn2)C1. The van der Waals surface area contributed by atoms with Gasteiger partial charge in [-0.15, -0.1) is 5.10 Å². The molecule has 3 aromatic carbocycles. The van der Waals surface area contributed by atoms with E-state index in [2.05, 4.69) is 10.3 Å². The maximum absolute atomic E-state index is 13.2. The number of hydrogen-bond acceptors (Lipinski definition) is 5. The van der Waals surface area contributed by atoms with Crippen molar-refractivity contribution in [2.75, 3.05) is 13.1 Å². The van der Waals surface area contributed by atoms with Crippen molar-refractivity contribution in [3.8, 4) is 17.0 Å². The second-order valence-electron chi connectivity index (χ2n) is 8.52. The summed E-state index contributed by atoms with van der Waals surface area (Å²) >= 11 is 18.4. The van der Waals surface area contributed by atoms with Crippen LogP contribution >= 0.6 is 34.8 Å². The lowest BCUT2D eigenvalue weighted by molar-refractivity contribution is 0.307. The maximum Gasteiger partial charge on any atom is 0.243 e. The highest BCUT2D eigenvalue weighted by Gasteiger charge is 2.34. The molecule has 0 saturated carbocycles. The summed E-state index contributed by atoms with van der Waals surface area (Å²) in [6.45, 7) is 0.784. The smallest absolute Gasteiger partial charge is 0.243 e. The fourth-order valence-electron chi connectivity index (χ4n) is 4.10. The molecule has 1 aliphatic rings. The van der Waals surface area contributed by atoms with Gasteiger partial charge >= 0.3 is 0 Å². The van der Waals surface area contributed by atoms with Crippen LogP contribution in [0.25, 0.3) is 11.3 Å². The van der Waals surface area contributed by atoms with E-state index in [1.807, 2.05) is 6.07 Å². The first kappa shape index (κ1) is 25.9. The Kier molecular flexibility index (Phi) is 7.42. The fourth-order valence-corrected chi connectivity index (χ4v) is 6.08. The number of aromatic nitrogens is 3. The van der Waals surface area contributed by atoms with Crippen molar-refractivity contribution in [2.45, 2.75) is 24.0 Å². The highest BCUT2D eigenvalue weighted by atomic mass is 35.5. The van der Waals surface area contributed by atoms with Crippen LogP contribution < -0.4 is 4.74 Å². The predicted molar refractivity (Wildman–Crippen MR) is 140 cm³/mol. The lowest BCUT2D eigenvalue weighted by Crippen LogP contribution is -2.29. The molecule has 0 bridgehead atoms. The molecule has 12 heteroatoms. The van der Waals surface area contributed by atoms with E-state index in [0.717, 1.165) is 17.7 Å². The molecule has 5 rings (SSSR count). The van der Waals surface area contributed by atoms with Gasteiger partial charge in [0.25, 0.3) is 0 Å². The molecule has 1 unspecified atom stereocenters. The van der Waals surface area contributed by atoms with Gasteiger partial charge in [0.15, 0.2) is 0 Å². The molecule has 0 radical (unpaired) electrons. The van der Waals surface area contributed by atoms with Gasteiger partial charge in [-0.05, 0) is 66.6 Å². The van der Waals surface area contributed by atoms with Crippen LogP contribution in [-0.4, -0.2) is 40.8 Å². The van der Waals surface area contributed by atoms with Gasteiger partial charge in [-0.2, -0.15) is 4.31 Å². The Labute approximate surface area is 228 Å². The molecule has 1 atom stereocenters. The van der Waals surface area contributed by atoms with Gasteiger partial charge in [0.05, 0.1) is 27.2 Å². The van der Waals surface area contributed by atoms with E-state index >= 15 is 0 Å². The molecule has 1 aromatic heterocycles. The summed E-state index contributed by atoms with van der Waals surface area (Å²) in [5.41, 5.74) is 2.02. The van der Waals surface area contributed by atoms with E-state index in [4.69, 9.17) is 39.5 Å². The van der Waals surface area contributed by atoms with Crippen LogP contribution in [0.2, 0.25) is 15.1 Å². The normalized spacial score (nSPS) is 16.3. The van der Waals surface area contributed by atoms with Crippen molar-refractivity contribution >= 4 is 44.8 Å². The van der Waals surface area contributed by atoms with Crippen LogP contribution in [-0.2, 0) is 16.6 Å². The summed E-state index contributed by atoms with van der Waals surface area (Å²) < 4.78 is 48.2. The van der Waals surface area contributed by atoms with Gasteiger partial charge in [0.2, 0.25) is 10.0 Å². The Bertz CT molecular complexity index is 1550. The fraction of sp³-hybridized carbons (Fsp3) is 0.200. The third-order valence-corrected chi connectivity index (χ3v) is 8.91. The maximum atomic E-state index is 13.2. The summed E-state index contributed by atoms with van der Waals surface area (Å²) in [5, 5.41) is 9.95. The van der Waals surface area contributed by atoms with Crippen LogP contribution in [0.1, 0.15) is 18.0 Å². The van der Waals surface area contributed by atoms with Gasteiger partial charge in [-0.1, -0.05) is 46.1 Å². The second-order valence-corrected chi connectivity index (χ2v) is 11.7. The number of hydrogen-bond donors (Lipinski definition) is 0. The second kappa shape index (κ2) is 10.6. The summed E-state index contributed by atoms with van der Waals surface area (Å²) in [5.74, 6) is 0.0594. The van der Waals surface area contributed by atoms with E-state index in [1.54, 1.807) is 41.2 Å². The first-order valence-electron chi connectivity index (χ1n) is 11.2. The number of benzene rings is 3. The molecule has 4 aromatic rings. The predicted octanol–water partition coefficient (Wildman–Crippen LogP) is 6.26. The van der Waals surface area contributed by atoms with E-state index < -0.39 is 15.8 Å². The van der Waals surface area contributed by atoms with Crippen LogP contribution in [0.15, 0.2) is 71.8 Å². The van der Waals surface area contributed by atoms with Gasteiger partial charge in [-0.25, -0.2) is 17.5 Å².